The van der Waals surface area contributed by atoms with E-state index in [0.717, 1.165) is 0 Å². The van der Waals surface area contributed by atoms with Gasteiger partial charge in [0.1, 0.15) is 18.6 Å². The number of imidazole rings is 1. The van der Waals surface area contributed by atoms with Crippen molar-refractivity contribution in [1.29, 1.82) is 0 Å². The van der Waals surface area contributed by atoms with Crippen LogP contribution < -0.4 is 16.4 Å². The topological polar surface area (TPSA) is 171 Å². The van der Waals surface area contributed by atoms with Crippen LogP contribution in [0.15, 0.2) is 12.5 Å². The molecule has 0 aliphatic carbocycles. The fourth-order valence-corrected chi connectivity index (χ4v) is 3.48. The van der Waals surface area contributed by atoms with E-state index >= 15 is 0 Å². The Labute approximate surface area is 174 Å². The average Bonchev–Trinajstić information content (AvgIpc) is 3.36. The van der Waals surface area contributed by atoms with Crippen LogP contribution >= 0.6 is 0 Å². The molecule has 1 aliphatic rings. The number of nitrogens with two attached hydrogens (primary N) is 1. The van der Waals surface area contributed by atoms with Gasteiger partial charge in [-0.05, 0) is 25.2 Å². The van der Waals surface area contributed by atoms with Crippen molar-refractivity contribution in [2.75, 3.05) is 13.1 Å². The van der Waals surface area contributed by atoms with Gasteiger partial charge in [-0.15, -0.1) is 0 Å². The van der Waals surface area contributed by atoms with Crippen LogP contribution in [0.3, 0.4) is 0 Å². The number of likely N-dealkylation sites (tertiary alicyclic amines) is 1. The molecule has 6 N–H and O–H groups in total. The van der Waals surface area contributed by atoms with Gasteiger partial charge in [0.25, 0.3) is 0 Å². The molecule has 11 nitrogen and oxygen atoms in total. The van der Waals surface area contributed by atoms with Gasteiger partial charge in [-0.3, -0.25) is 19.2 Å². The Balaban J connectivity index is 2.05. The van der Waals surface area contributed by atoms with Gasteiger partial charge >= 0.3 is 5.97 Å². The van der Waals surface area contributed by atoms with Crippen LogP contribution in [0.25, 0.3) is 0 Å². The molecular weight excluding hydrogens is 392 g/mol. The smallest absolute Gasteiger partial charge is 0.322 e. The Kier molecular flexibility index (Phi) is 8.34. The normalized spacial score (nSPS) is 18.1. The second-order valence-electron chi connectivity index (χ2n) is 7.88. The predicted octanol–water partition coefficient (Wildman–Crippen LogP) is -0.998. The first-order chi connectivity index (χ1) is 14.2. The third kappa shape index (κ3) is 6.55. The number of carboxylic acid groups (broad SMARTS) is 1. The summed E-state index contributed by atoms with van der Waals surface area (Å²) in [5.74, 6) is -2.37. The summed E-state index contributed by atoms with van der Waals surface area (Å²) >= 11 is 0. The van der Waals surface area contributed by atoms with E-state index in [1.807, 2.05) is 13.8 Å². The summed E-state index contributed by atoms with van der Waals surface area (Å²) in [7, 11) is 0. The van der Waals surface area contributed by atoms with Gasteiger partial charge in [0.15, 0.2) is 0 Å². The Bertz CT molecular complexity index is 751. The highest BCUT2D eigenvalue weighted by molar-refractivity contribution is 5.94. The predicted molar refractivity (Wildman–Crippen MR) is 107 cm³/mol. The Morgan fingerprint density at radius 2 is 2.10 bits per heavy atom. The van der Waals surface area contributed by atoms with E-state index in [-0.39, 0.29) is 18.2 Å². The maximum Gasteiger partial charge on any atom is 0.322 e. The number of carbonyl (C=O) groups excluding carboxylic acids is 3. The van der Waals surface area contributed by atoms with Crippen LogP contribution in [-0.4, -0.2) is 74.9 Å². The SMILES string of the molecule is CC(C)CC(NC(=O)C(N)Cc1cnc[nH]1)C(=O)N1CCCC1C(=O)NCC(=O)O. The minimum atomic E-state index is -1.16. The van der Waals surface area contributed by atoms with Gasteiger partial charge in [0.05, 0.1) is 12.4 Å². The highest BCUT2D eigenvalue weighted by atomic mass is 16.4. The summed E-state index contributed by atoms with van der Waals surface area (Å²) in [6.45, 7) is 3.72. The van der Waals surface area contributed by atoms with Crippen LogP contribution in [0.1, 0.15) is 38.8 Å². The van der Waals surface area contributed by atoms with Crippen molar-refractivity contribution >= 4 is 23.7 Å². The largest absolute Gasteiger partial charge is 0.480 e. The van der Waals surface area contributed by atoms with E-state index in [2.05, 4.69) is 20.6 Å². The van der Waals surface area contributed by atoms with E-state index in [0.29, 0.717) is 31.5 Å². The molecule has 0 spiro atoms. The first-order valence-corrected chi connectivity index (χ1v) is 10.0. The summed E-state index contributed by atoms with van der Waals surface area (Å²) < 4.78 is 0. The number of nitrogens with zero attached hydrogens (tertiary/aromatic N) is 2. The van der Waals surface area contributed by atoms with Gasteiger partial charge in [-0.25, -0.2) is 4.98 Å². The number of nitrogens with one attached hydrogen (secondary N) is 3. The van der Waals surface area contributed by atoms with E-state index in [1.165, 1.54) is 11.2 Å². The van der Waals surface area contributed by atoms with Gasteiger partial charge in [0.2, 0.25) is 17.7 Å². The lowest BCUT2D eigenvalue weighted by atomic mass is 10.0. The average molecular weight is 422 g/mol. The molecule has 30 heavy (non-hydrogen) atoms. The van der Waals surface area contributed by atoms with Crippen LogP contribution in [0.5, 0.6) is 0 Å². The Morgan fingerprint density at radius 1 is 1.37 bits per heavy atom. The summed E-state index contributed by atoms with van der Waals surface area (Å²) in [4.78, 5) is 57.0. The zero-order chi connectivity index (χ0) is 22.3. The molecule has 3 unspecified atom stereocenters. The van der Waals surface area contributed by atoms with Crippen LogP contribution in [0, 0.1) is 5.92 Å². The lowest BCUT2D eigenvalue weighted by Gasteiger charge is -2.30. The van der Waals surface area contributed by atoms with Gasteiger partial charge in [-0.1, -0.05) is 13.8 Å². The van der Waals surface area contributed by atoms with Crippen molar-refractivity contribution in [1.82, 2.24) is 25.5 Å². The second-order valence-corrected chi connectivity index (χ2v) is 7.88. The molecule has 0 bridgehead atoms. The molecule has 3 amide bonds. The van der Waals surface area contributed by atoms with Gasteiger partial charge < -0.3 is 31.4 Å². The molecular formula is C19H30N6O5. The quantitative estimate of drug-likeness (QED) is 0.322. The lowest BCUT2D eigenvalue weighted by Crippen LogP contribution is -2.56. The van der Waals surface area contributed by atoms with E-state index in [1.54, 1.807) is 6.20 Å². The number of aromatic nitrogens is 2. The minimum Gasteiger partial charge on any atom is -0.480 e. The number of carboxylic acids is 1. The second kappa shape index (κ2) is 10.7. The highest BCUT2D eigenvalue weighted by Crippen LogP contribution is 2.20. The highest BCUT2D eigenvalue weighted by Gasteiger charge is 2.38. The standard InChI is InChI=1S/C19H30N6O5/c1-11(2)6-14(24-17(28)13(20)7-12-8-21-10-23-12)19(30)25-5-3-4-15(25)18(29)22-9-16(26)27/h8,10-11,13-15H,3-7,9,20H2,1-2H3,(H,21,23)(H,22,29)(H,24,28)(H,26,27). The van der Waals surface area contributed by atoms with E-state index < -0.39 is 42.5 Å². The van der Waals surface area contributed by atoms with Crippen LogP contribution in [0.4, 0.5) is 0 Å². The van der Waals surface area contributed by atoms with Crippen molar-refractivity contribution < 1.29 is 24.3 Å². The summed E-state index contributed by atoms with van der Waals surface area (Å²) in [6.07, 6.45) is 4.78. The molecule has 1 aromatic heterocycles. The molecule has 3 atom stereocenters. The maximum absolute atomic E-state index is 13.2. The molecule has 2 heterocycles. The number of amides is 3. The van der Waals surface area contributed by atoms with Crippen molar-refractivity contribution in [2.24, 2.45) is 11.7 Å². The third-order valence-electron chi connectivity index (χ3n) is 4.91. The fourth-order valence-electron chi connectivity index (χ4n) is 3.48. The van der Waals surface area contributed by atoms with Crippen molar-refractivity contribution in [2.45, 2.75) is 57.7 Å². The molecule has 166 valence electrons. The monoisotopic (exact) mass is 422 g/mol. The van der Waals surface area contributed by atoms with Crippen LogP contribution in [-0.2, 0) is 25.6 Å². The molecule has 2 rings (SSSR count). The zero-order valence-corrected chi connectivity index (χ0v) is 17.3. The first-order valence-electron chi connectivity index (χ1n) is 10.0. The summed E-state index contributed by atoms with van der Waals surface area (Å²) in [6, 6.07) is -2.43. The molecule has 1 saturated heterocycles. The van der Waals surface area contributed by atoms with E-state index in [9.17, 15) is 19.2 Å². The molecule has 11 heteroatoms. The Hall–Kier alpha value is -2.95. The number of hydrogen-bond acceptors (Lipinski definition) is 6. The fraction of sp³-hybridized carbons (Fsp3) is 0.632. The van der Waals surface area contributed by atoms with Crippen molar-refractivity contribution in [3.05, 3.63) is 18.2 Å². The molecule has 1 fully saturated rings. The molecule has 0 radical (unpaired) electrons. The lowest BCUT2D eigenvalue weighted by molar-refractivity contribution is -0.143. The zero-order valence-electron chi connectivity index (χ0n) is 17.3. The Morgan fingerprint density at radius 3 is 2.70 bits per heavy atom. The third-order valence-corrected chi connectivity index (χ3v) is 4.91. The van der Waals surface area contributed by atoms with E-state index in [4.69, 9.17) is 10.8 Å². The summed E-state index contributed by atoms with van der Waals surface area (Å²) in [5, 5.41) is 13.8. The first kappa shape index (κ1) is 23.3. The molecule has 1 aromatic rings. The van der Waals surface area contributed by atoms with Crippen molar-refractivity contribution in [3.8, 4) is 0 Å². The van der Waals surface area contributed by atoms with Crippen LogP contribution in [0.2, 0.25) is 0 Å². The number of aliphatic carboxylic acids is 1. The molecule has 0 aromatic carbocycles. The van der Waals surface area contributed by atoms with Gasteiger partial charge in [-0.2, -0.15) is 0 Å². The number of aromatic amines is 1. The number of carbonyl (C=O) groups is 4. The number of H-pyrrole nitrogens is 1. The number of hydrogen-bond donors (Lipinski definition) is 5. The maximum atomic E-state index is 13.2. The minimum absolute atomic E-state index is 0.116. The van der Waals surface area contributed by atoms with Crippen molar-refractivity contribution in [3.63, 3.8) is 0 Å². The molecule has 1 aliphatic heterocycles. The number of rotatable bonds is 10. The summed E-state index contributed by atoms with van der Waals surface area (Å²) in [5.41, 5.74) is 6.69. The molecule has 0 saturated carbocycles. The van der Waals surface area contributed by atoms with Gasteiger partial charge in [0, 0.05) is 24.9 Å².